The van der Waals surface area contributed by atoms with Crippen molar-refractivity contribution in [2.24, 2.45) is 0 Å². The first-order valence-electron chi connectivity index (χ1n) is 7.06. The van der Waals surface area contributed by atoms with Crippen molar-refractivity contribution in [2.75, 3.05) is 5.32 Å². The number of aromatic hydroxyl groups is 1. The normalized spacial score (nSPS) is 10.5. The van der Waals surface area contributed by atoms with Gasteiger partial charge < -0.3 is 10.4 Å². The van der Waals surface area contributed by atoms with E-state index in [1.54, 1.807) is 24.4 Å². The molecule has 1 aromatic carbocycles. The summed E-state index contributed by atoms with van der Waals surface area (Å²) in [5, 5.41) is 14.7. The van der Waals surface area contributed by atoms with E-state index in [-0.39, 0.29) is 18.1 Å². The van der Waals surface area contributed by atoms with E-state index < -0.39 is 0 Å². The van der Waals surface area contributed by atoms with Gasteiger partial charge in [0, 0.05) is 22.8 Å². The summed E-state index contributed by atoms with van der Waals surface area (Å²) >= 11 is 1.35. The van der Waals surface area contributed by atoms with Crippen molar-refractivity contribution < 1.29 is 9.90 Å². The van der Waals surface area contributed by atoms with E-state index in [1.165, 1.54) is 11.3 Å². The average molecular weight is 325 g/mol. The molecule has 0 aliphatic carbocycles. The summed E-state index contributed by atoms with van der Waals surface area (Å²) in [6.45, 7) is 1.91. The van der Waals surface area contributed by atoms with Gasteiger partial charge in [0.15, 0.2) is 5.13 Å². The van der Waals surface area contributed by atoms with Gasteiger partial charge in [0.05, 0.1) is 12.1 Å². The number of aryl methyl sites for hydroxylation is 1. The fourth-order valence-corrected chi connectivity index (χ4v) is 2.82. The zero-order chi connectivity index (χ0) is 16.2. The third-order valence-corrected chi connectivity index (χ3v) is 3.99. The van der Waals surface area contributed by atoms with Gasteiger partial charge in [-0.3, -0.25) is 9.78 Å². The molecule has 0 unspecified atom stereocenters. The molecule has 0 aliphatic heterocycles. The highest BCUT2D eigenvalue weighted by atomic mass is 32.1. The molecule has 0 fully saturated rings. The molecular formula is C17H15N3O2S. The van der Waals surface area contributed by atoms with Crippen LogP contribution in [-0.4, -0.2) is 21.0 Å². The lowest BCUT2D eigenvalue weighted by Gasteiger charge is -2.02. The third kappa shape index (κ3) is 3.92. The van der Waals surface area contributed by atoms with Crippen LogP contribution in [0.1, 0.15) is 11.3 Å². The van der Waals surface area contributed by atoms with Crippen LogP contribution < -0.4 is 5.32 Å². The molecule has 3 rings (SSSR count). The number of hydrogen-bond donors (Lipinski definition) is 2. The first-order chi connectivity index (χ1) is 11.1. The quantitative estimate of drug-likeness (QED) is 0.771. The highest BCUT2D eigenvalue weighted by Crippen LogP contribution is 2.27. The number of nitrogens with zero attached hydrogens (tertiary/aromatic N) is 2. The van der Waals surface area contributed by atoms with Gasteiger partial charge in [0.2, 0.25) is 5.91 Å². The minimum atomic E-state index is -0.132. The van der Waals surface area contributed by atoms with Crippen LogP contribution in [0.4, 0.5) is 5.13 Å². The molecule has 0 aliphatic rings. The van der Waals surface area contributed by atoms with Gasteiger partial charge in [-0.2, -0.15) is 0 Å². The Balaban J connectivity index is 1.66. The van der Waals surface area contributed by atoms with Crippen molar-refractivity contribution in [1.29, 1.82) is 0 Å². The lowest BCUT2D eigenvalue weighted by molar-refractivity contribution is -0.115. The molecule has 3 aromatic rings. The van der Waals surface area contributed by atoms with Crippen LogP contribution in [0.2, 0.25) is 0 Å². The van der Waals surface area contributed by atoms with E-state index in [4.69, 9.17) is 0 Å². The van der Waals surface area contributed by atoms with Crippen LogP contribution in [0.15, 0.2) is 48.0 Å². The molecule has 116 valence electrons. The van der Waals surface area contributed by atoms with Gasteiger partial charge in [0.25, 0.3) is 0 Å². The number of carbonyl (C=O) groups is 1. The molecule has 0 atom stereocenters. The van der Waals surface area contributed by atoms with Crippen molar-refractivity contribution in [2.45, 2.75) is 13.3 Å². The number of pyridine rings is 1. The molecule has 2 N–H and O–H groups in total. The maximum Gasteiger partial charge on any atom is 0.230 e. The number of benzene rings is 1. The Kier molecular flexibility index (Phi) is 4.34. The minimum absolute atomic E-state index is 0.132. The highest BCUT2D eigenvalue weighted by Gasteiger charge is 2.09. The number of thiazole rings is 1. The first kappa shape index (κ1) is 15.2. The van der Waals surface area contributed by atoms with E-state index in [9.17, 15) is 9.90 Å². The van der Waals surface area contributed by atoms with Gasteiger partial charge in [-0.25, -0.2) is 4.98 Å². The second-order valence-corrected chi connectivity index (χ2v) is 5.98. The predicted octanol–water partition coefficient (Wildman–Crippen LogP) is 3.40. The number of phenolic OH excluding ortho intramolecular Hbond substituents is 1. The Morgan fingerprint density at radius 2 is 2.17 bits per heavy atom. The van der Waals surface area contributed by atoms with Gasteiger partial charge in [-0.1, -0.05) is 18.2 Å². The molecule has 0 spiro atoms. The molecule has 0 saturated heterocycles. The van der Waals surface area contributed by atoms with Crippen molar-refractivity contribution in [3.63, 3.8) is 0 Å². The Labute approximate surface area is 137 Å². The van der Waals surface area contributed by atoms with E-state index in [2.05, 4.69) is 15.3 Å². The Bertz CT molecular complexity index is 828. The molecule has 23 heavy (non-hydrogen) atoms. The molecule has 1 amide bonds. The SMILES string of the molecule is Cc1ccc(CC(=O)Nc2nc(-c3cccc(O)c3)cs2)cn1. The number of anilines is 1. The molecule has 0 saturated carbocycles. The van der Waals surface area contributed by atoms with Crippen molar-refractivity contribution in [3.05, 3.63) is 59.2 Å². The van der Waals surface area contributed by atoms with E-state index in [0.29, 0.717) is 5.13 Å². The van der Waals surface area contributed by atoms with Gasteiger partial charge >= 0.3 is 0 Å². The summed E-state index contributed by atoms with van der Waals surface area (Å²) in [4.78, 5) is 20.6. The molecule has 6 heteroatoms. The maximum atomic E-state index is 12.1. The summed E-state index contributed by atoms with van der Waals surface area (Å²) in [6, 6.07) is 10.6. The topological polar surface area (TPSA) is 75.1 Å². The average Bonchev–Trinajstić information content (AvgIpc) is 2.98. The summed E-state index contributed by atoms with van der Waals surface area (Å²) in [6.07, 6.45) is 1.96. The van der Waals surface area contributed by atoms with Crippen LogP contribution in [0.5, 0.6) is 5.75 Å². The van der Waals surface area contributed by atoms with Crippen LogP contribution in [-0.2, 0) is 11.2 Å². The first-order valence-corrected chi connectivity index (χ1v) is 7.94. The largest absolute Gasteiger partial charge is 0.508 e. The summed E-state index contributed by atoms with van der Waals surface area (Å²) < 4.78 is 0. The van der Waals surface area contributed by atoms with Gasteiger partial charge in [-0.15, -0.1) is 11.3 Å². The molecule has 0 radical (unpaired) electrons. The smallest absolute Gasteiger partial charge is 0.230 e. The zero-order valence-electron chi connectivity index (χ0n) is 12.5. The number of carbonyl (C=O) groups excluding carboxylic acids is 1. The molecular weight excluding hydrogens is 310 g/mol. The summed E-state index contributed by atoms with van der Waals surface area (Å²) in [5.74, 6) is 0.0559. The second kappa shape index (κ2) is 6.58. The molecule has 0 bridgehead atoms. The maximum absolute atomic E-state index is 12.1. The van der Waals surface area contributed by atoms with Crippen molar-refractivity contribution >= 4 is 22.4 Å². The lowest BCUT2D eigenvalue weighted by atomic mass is 10.2. The van der Waals surface area contributed by atoms with Gasteiger partial charge in [0.1, 0.15) is 5.75 Å². The summed E-state index contributed by atoms with van der Waals surface area (Å²) in [7, 11) is 0. The monoisotopic (exact) mass is 325 g/mol. The fraction of sp³-hybridized carbons (Fsp3) is 0.118. The van der Waals surface area contributed by atoms with Crippen LogP contribution in [0.3, 0.4) is 0 Å². The number of phenols is 1. The van der Waals surface area contributed by atoms with Crippen LogP contribution >= 0.6 is 11.3 Å². The highest BCUT2D eigenvalue weighted by molar-refractivity contribution is 7.14. The Hall–Kier alpha value is -2.73. The van der Waals surface area contributed by atoms with Crippen molar-refractivity contribution in [3.8, 4) is 17.0 Å². The Morgan fingerprint density at radius 1 is 1.30 bits per heavy atom. The van der Waals surface area contributed by atoms with Crippen molar-refractivity contribution in [1.82, 2.24) is 9.97 Å². The number of hydrogen-bond acceptors (Lipinski definition) is 5. The van der Waals surface area contributed by atoms with Crippen LogP contribution in [0, 0.1) is 6.92 Å². The minimum Gasteiger partial charge on any atom is -0.508 e. The zero-order valence-corrected chi connectivity index (χ0v) is 13.3. The van der Waals surface area contributed by atoms with Crippen LogP contribution in [0.25, 0.3) is 11.3 Å². The number of amides is 1. The number of nitrogens with one attached hydrogen (secondary N) is 1. The van der Waals surface area contributed by atoms with E-state index in [1.807, 2.05) is 30.5 Å². The molecule has 2 aromatic heterocycles. The number of aromatic nitrogens is 2. The van der Waals surface area contributed by atoms with Gasteiger partial charge in [-0.05, 0) is 30.7 Å². The Morgan fingerprint density at radius 3 is 2.91 bits per heavy atom. The molecule has 5 nitrogen and oxygen atoms in total. The standard InChI is InChI=1S/C17H15N3O2S/c1-11-5-6-12(9-18-11)7-16(22)20-17-19-15(10-23-17)13-3-2-4-14(21)8-13/h2-6,8-10,21H,7H2,1H3,(H,19,20,22). The van der Waals surface area contributed by atoms with E-state index in [0.717, 1.165) is 22.5 Å². The third-order valence-electron chi connectivity index (χ3n) is 3.23. The van der Waals surface area contributed by atoms with E-state index >= 15 is 0 Å². The molecule has 2 heterocycles. The number of rotatable bonds is 4. The summed E-state index contributed by atoms with van der Waals surface area (Å²) in [5.41, 5.74) is 3.31. The fourth-order valence-electron chi connectivity index (χ4n) is 2.08. The lowest BCUT2D eigenvalue weighted by Crippen LogP contribution is -2.14. The predicted molar refractivity (Wildman–Crippen MR) is 90.5 cm³/mol. The second-order valence-electron chi connectivity index (χ2n) is 5.12.